The number of fused-ring (bicyclic) bond motifs is 2. The van der Waals surface area contributed by atoms with Gasteiger partial charge in [-0.05, 0) is 30.3 Å². The molecule has 0 unspecified atom stereocenters. The third-order valence-corrected chi connectivity index (χ3v) is 7.80. The molecule has 5 amide bonds. The van der Waals surface area contributed by atoms with Gasteiger partial charge in [-0.2, -0.15) is 9.59 Å². The number of urea groups is 1. The average molecular weight is 682 g/mol. The summed E-state index contributed by atoms with van der Waals surface area (Å²) in [5, 5.41) is 7.07. The summed E-state index contributed by atoms with van der Waals surface area (Å²) < 4.78 is 43.0. The third kappa shape index (κ3) is 6.89. The maximum atomic E-state index is 14.3. The highest BCUT2D eigenvalue weighted by Crippen LogP contribution is 2.33. The minimum Gasteiger partial charge on any atom is -0.494 e. The number of esters is 1. The predicted molar refractivity (Wildman–Crippen MR) is 161 cm³/mol. The van der Waals surface area contributed by atoms with Crippen LogP contribution in [0.1, 0.15) is 31.8 Å². The normalized spacial score (nSPS) is 18.0. The number of carbonyl (C=O) groups is 5. The number of hydrogen-bond acceptors (Lipinski definition) is 11. The van der Waals surface area contributed by atoms with Crippen molar-refractivity contribution in [2.75, 3.05) is 41.5 Å². The van der Waals surface area contributed by atoms with E-state index in [-0.39, 0.29) is 55.0 Å². The minimum atomic E-state index is -1.66. The number of imide groups is 1. The van der Waals surface area contributed by atoms with Crippen LogP contribution in [0.5, 0.6) is 11.5 Å². The van der Waals surface area contributed by atoms with E-state index in [4.69, 9.17) is 36.6 Å². The maximum Gasteiger partial charge on any atom is 0.373 e. The standard InChI is InChI=1S/C16H17FN2O4.C15H12FN3O4.CO2/c1-5-16(18-2,15(21)23-4)9-19-8-10-6-7-11(22-3)13(17)12(10)14(19)20;1-3-15(13(21)17-14(22)18-15)7-19-6-8-4-5-9(23-2)11(16)10(8)12(19)20;2-1-3/h1,6-7,18H,8-9H2,2-4H3;1,4-5H,6-7H2,2H3,(H2,17,18,21,22);/t16-;15-;/m11./s1. The zero-order valence-electron chi connectivity index (χ0n) is 26.5. The largest absolute Gasteiger partial charge is 0.494 e. The predicted octanol–water partition coefficient (Wildman–Crippen LogP) is -0.0275. The monoisotopic (exact) mass is 681 g/mol. The quantitative estimate of drug-likeness (QED) is 0.193. The molecule has 2 aromatic carbocycles. The molecule has 2 aromatic rings. The number of ether oxygens (including phenoxy) is 3. The molecule has 0 spiro atoms. The Kier molecular flexibility index (Phi) is 11.4. The van der Waals surface area contributed by atoms with Gasteiger partial charge in [0.25, 0.3) is 17.7 Å². The molecular weight excluding hydrogens is 652 g/mol. The Bertz CT molecular complexity index is 1830. The Morgan fingerprint density at radius 3 is 1.82 bits per heavy atom. The van der Waals surface area contributed by atoms with Gasteiger partial charge in [0, 0.05) is 13.1 Å². The number of nitrogens with one attached hydrogen (secondary N) is 3. The van der Waals surface area contributed by atoms with E-state index in [1.807, 2.05) is 5.32 Å². The molecule has 0 aliphatic carbocycles. The molecule has 3 aliphatic heterocycles. The van der Waals surface area contributed by atoms with E-state index in [9.17, 15) is 32.8 Å². The van der Waals surface area contributed by atoms with E-state index in [0.717, 1.165) is 0 Å². The van der Waals surface area contributed by atoms with Gasteiger partial charge in [0.05, 0.1) is 45.5 Å². The molecule has 15 nitrogen and oxygen atoms in total. The zero-order valence-corrected chi connectivity index (χ0v) is 26.5. The molecule has 1 saturated heterocycles. The van der Waals surface area contributed by atoms with Crippen LogP contribution in [0.3, 0.4) is 0 Å². The summed E-state index contributed by atoms with van der Waals surface area (Å²) in [6.45, 7) is -0.156. The van der Waals surface area contributed by atoms with Gasteiger partial charge in [-0.25, -0.2) is 18.4 Å². The molecule has 0 aromatic heterocycles. The van der Waals surface area contributed by atoms with Gasteiger partial charge in [0.2, 0.25) is 0 Å². The molecule has 3 N–H and O–H groups in total. The van der Waals surface area contributed by atoms with Gasteiger partial charge in [0.15, 0.2) is 34.2 Å². The molecule has 0 bridgehead atoms. The first-order chi connectivity index (χ1) is 23.3. The lowest BCUT2D eigenvalue weighted by Gasteiger charge is -2.29. The molecule has 0 radical (unpaired) electrons. The van der Waals surface area contributed by atoms with Crippen LogP contribution in [0.4, 0.5) is 13.6 Å². The second kappa shape index (κ2) is 15.1. The SMILES string of the molecule is C#C[C@](CN1Cc2ccc(OC)c(F)c2C1=O)(NC)C(=O)OC.C#C[C@]1(CN2Cc3ccc(OC)c(F)c3C2=O)NC(=O)NC1=O.O=C=O. The van der Waals surface area contributed by atoms with Gasteiger partial charge in [-0.1, -0.05) is 24.0 Å². The summed E-state index contributed by atoms with van der Waals surface area (Å²) in [7, 11) is 5.32. The van der Waals surface area contributed by atoms with Gasteiger partial charge < -0.3 is 29.3 Å². The fourth-order valence-corrected chi connectivity index (χ4v) is 5.28. The van der Waals surface area contributed by atoms with E-state index in [0.29, 0.717) is 11.1 Å². The molecule has 3 heterocycles. The summed E-state index contributed by atoms with van der Waals surface area (Å²) in [5.41, 5.74) is -2.34. The number of halogens is 2. The molecule has 256 valence electrons. The molecule has 17 heteroatoms. The molecule has 1 fully saturated rings. The molecule has 3 aliphatic rings. The summed E-state index contributed by atoms with van der Waals surface area (Å²) in [4.78, 5) is 78.9. The first kappa shape index (κ1) is 37.2. The highest BCUT2D eigenvalue weighted by atomic mass is 19.1. The first-order valence-corrected chi connectivity index (χ1v) is 13.9. The Labute approximate surface area is 278 Å². The highest BCUT2D eigenvalue weighted by Gasteiger charge is 2.48. The van der Waals surface area contributed by atoms with Gasteiger partial charge in [-0.3, -0.25) is 25.0 Å². The van der Waals surface area contributed by atoms with Gasteiger partial charge in [0.1, 0.15) is 0 Å². The van der Waals surface area contributed by atoms with E-state index < -0.39 is 52.4 Å². The molecule has 49 heavy (non-hydrogen) atoms. The second-order valence-corrected chi connectivity index (χ2v) is 10.4. The van der Waals surface area contributed by atoms with Crippen molar-refractivity contribution < 1.29 is 56.6 Å². The number of terminal acetylenes is 2. The molecular formula is C32H29F2N5O10. The van der Waals surface area contributed by atoms with Crippen molar-refractivity contribution in [3.05, 3.63) is 58.2 Å². The average Bonchev–Trinajstić information content (AvgIpc) is 3.69. The van der Waals surface area contributed by atoms with Gasteiger partial charge >= 0.3 is 18.2 Å². The molecule has 2 atom stereocenters. The maximum absolute atomic E-state index is 14.3. The van der Waals surface area contributed by atoms with Crippen LogP contribution in [-0.2, 0) is 37.0 Å². The van der Waals surface area contributed by atoms with E-state index in [2.05, 4.69) is 22.5 Å². The lowest BCUT2D eigenvalue weighted by atomic mass is 10.0. The fraction of sp³-hybridized carbons (Fsp3) is 0.312. The smallest absolute Gasteiger partial charge is 0.373 e. The summed E-state index contributed by atoms with van der Waals surface area (Å²) >= 11 is 0. The topological polar surface area (TPSA) is 190 Å². The number of benzene rings is 2. The van der Waals surface area contributed by atoms with Crippen molar-refractivity contribution >= 4 is 35.9 Å². The van der Waals surface area contributed by atoms with Crippen LogP contribution < -0.4 is 25.4 Å². The summed E-state index contributed by atoms with van der Waals surface area (Å²) in [6.07, 6.45) is 11.1. The van der Waals surface area contributed by atoms with E-state index >= 15 is 0 Å². The highest BCUT2D eigenvalue weighted by molar-refractivity contribution is 6.10. The molecule has 0 saturated carbocycles. The molecule has 5 rings (SSSR count). The van der Waals surface area contributed by atoms with E-state index in [1.165, 1.54) is 50.3 Å². The minimum absolute atomic E-state index is 0.0104. The zero-order chi connectivity index (χ0) is 36.7. The van der Waals surface area contributed by atoms with Crippen LogP contribution in [0.15, 0.2) is 24.3 Å². The third-order valence-electron chi connectivity index (χ3n) is 7.80. The number of nitrogens with zero attached hydrogens (tertiary/aromatic N) is 2. The van der Waals surface area contributed by atoms with Crippen LogP contribution in [0.2, 0.25) is 0 Å². The van der Waals surface area contributed by atoms with Crippen molar-refractivity contribution in [1.29, 1.82) is 0 Å². The van der Waals surface area contributed by atoms with Crippen molar-refractivity contribution in [3.63, 3.8) is 0 Å². The number of amides is 5. The number of hydrogen-bond donors (Lipinski definition) is 3. The lowest BCUT2D eigenvalue weighted by molar-refractivity contribution is -0.191. The van der Waals surface area contributed by atoms with Crippen LogP contribution in [0, 0.1) is 36.3 Å². The number of carbonyl (C=O) groups excluding carboxylic acids is 7. The fourth-order valence-electron chi connectivity index (χ4n) is 5.28. The van der Waals surface area contributed by atoms with Crippen molar-refractivity contribution in [1.82, 2.24) is 25.8 Å². The number of likely N-dealkylation sites (N-methyl/N-ethyl adjacent to an activating group) is 1. The van der Waals surface area contributed by atoms with Crippen molar-refractivity contribution in [3.8, 4) is 36.2 Å². The summed E-state index contributed by atoms with van der Waals surface area (Å²) in [5.74, 6) is 0.450. The van der Waals surface area contributed by atoms with E-state index in [1.54, 1.807) is 12.1 Å². The summed E-state index contributed by atoms with van der Waals surface area (Å²) in [6, 6.07) is 5.34. The number of rotatable bonds is 8. The van der Waals surface area contributed by atoms with Gasteiger partial charge in [-0.15, -0.1) is 12.8 Å². The van der Waals surface area contributed by atoms with Crippen molar-refractivity contribution in [2.45, 2.75) is 24.2 Å². The Morgan fingerprint density at radius 1 is 0.939 bits per heavy atom. The van der Waals surface area contributed by atoms with Crippen LogP contribution in [0.25, 0.3) is 0 Å². The van der Waals surface area contributed by atoms with Crippen molar-refractivity contribution in [2.24, 2.45) is 0 Å². The number of methoxy groups -OCH3 is 3. The Balaban J connectivity index is 0.000000246. The van der Waals surface area contributed by atoms with Crippen LogP contribution >= 0.6 is 0 Å². The lowest BCUT2D eigenvalue weighted by Crippen LogP contribution is -2.57. The first-order valence-electron chi connectivity index (χ1n) is 13.9. The Hall–Kier alpha value is -6.29. The second-order valence-electron chi connectivity index (χ2n) is 10.4. The Morgan fingerprint density at radius 2 is 1.43 bits per heavy atom. The van der Waals surface area contributed by atoms with Crippen LogP contribution in [-0.4, -0.2) is 98.2 Å².